The van der Waals surface area contributed by atoms with Crippen LogP contribution in [0.15, 0.2) is 12.2 Å². The third-order valence-corrected chi connectivity index (χ3v) is 7.55. The molecule has 112 valence electrons. The summed E-state index contributed by atoms with van der Waals surface area (Å²) in [6, 6.07) is 0. The van der Waals surface area contributed by atoms with Crippen molar-refractivity contribution < 1.29 is 4.79 Å². The fraction of sp³-hybridized carbons (Fsp3) is 0.842. The lowest BCUT2D eigenvalue weighted by atomic mass is 9.56. The maximum atomic E-state index is 12.2. The van der Waals surface area contributed by atoms with Crippen molar-refractivity contribution in [3.05, 3.63) is 12.2 Å². The monoisotopic (exact) mass is 274 g/mol. The van der Waals surface area contributed by atoms with E-state index in [1.807, 2.05) is 0 Å². The Morgan fingerprint density at radius 1 is 1.30 bits per heavy atom. The minimum absolute atomic E-state index is 0.102. The zero-order chi connectivity index (χ0) is 14.8. The van der Waals surface area contributed by atoms with Crippen molar-refractivity contribution in [1.29, 1.82) is 0 Å². The van der Waals surface area contributed by atoms with Gasteiger partial charge in [-0.2, -0.15) is 0 Å². The predicted octanol–water partition coefficient (Wildman–Crippen LogP) is 5.01. The summed E-state index contributed by atoms with van der Waals surface area (Å²) in [5, 5.41) is 0. The van der Waals surface area contributed by atoms with Crippen LogP contribution in [0.3, 0.4) is 0 Å². The summed E-state index contributed by atoms with van der Waals surface area (Å²) < 4.78 is 0. The number of hydrogen-bond acceptors (Lipinski definition) is 1. The van der Waals surface area contributed by atoms with Gasteiger partial charge in [-0.1, -0.05) is 26.3 Å². The molecule has 0 N–H and O–H groups in total. The third-order valence-electron chi connectivity index (χ3n) is 7.55. The highest BCUT2D eigenvalue weighted by molar-refractivity contribution is 5.63. The van der Waals surface area contributed by atoms with Gasteiger partial charge in [0.1, 0.15) is 6.29 Å². The molecule has 3 aliphatic carbocycles. The molecule has 0 aromatic rings. The topological polar surface area (TPSA) is 17.1 Å². The van der Waals surface area contributed by atoms with Crippen LogP contribution in [0, 0.1) is 34.0 Å². The summed E-state index contributed by atoms with van der Waals surface area (Å²) in [6.07, 6.45) is 8.49. The summed E-state index contributed by atoms with van der Waals surface area (Å²) in [7, 11) is 0. The van der Waals surface area contributed by atoms with E-state index in [2.05, 4.69) is 34.3 Å². The van der Waals surface area contributed by atoms with Gasteiger partial charge in [0.2, 0.25) is 0 Å². The van der Waals surface area contributed by atoms with Gasteiger partial charge in [0.25, 0.3) is 0 Å². The molecule has 0 aliphatic heterocycles. The van der Waals surface area contributed by atoms with Crippen LogP contribution in [0.5, 0.6) is 0 Å². The molecule has 1 heteroatoms. The first-order valence-corrected chi connectivity index (χ1v) is 8.40. The van der Waals surface area contributed by atoms with E-state index in [0.29, 0.717) is 5.41 Å². The van der Waals surface area contributed by atoms with Crippen LogP contribution in [0.1, 0.15) is 66.2 Å². The Kier molecular flexibility index (Phi) is 3.02. The molecule has 3 saturated carbocycles. The summed E-state index contributed by atoms with van der Waals surface area (Å²) >= 11 is 0. The first kappa shape index (κ1) is 14.4. The molecule has 3 rings (SSSR count). The standard InChI is InChI=1S/C19H30O/c1-13(2)10-18(12-20)8-7-16-17(4,5)15-11-19(16,18)9-6-14(15)3/h12,14-16H,1,6-11H2,2-5H3/t14-,15-,16+,18-,19+/m1/s1. The molecule has 0 aromatic heterocycles. The van der Waals surface area contributed by atoms with Crippen LogP contribution >= 0.6 is 0 Å². The van der Waals surface area contributed by atoms with Crippen LogP contribution in [0.2, 0.25) is 0 Å². The van der Waals surface area contributed by atoms with E-state index in [-0.39, 0.29) is 10.8 Å². The van der Waals surface area contributed by atoms with Gasteiger partial charge in [-0.3, -0.25) is 0 Å². The van der Waals surface area contributed by atoms with Crippen LogP contribution in [-0.2, 0) is 4.79 Å². The number of fused-ring (bicyclic) bond motifs is 1. The van der Waals surface area contributed by atoms with Gasteiger partial charge in [-0.15, -0.1) is 6.58 Å². The van der Waals surface area contributed by atoms with Crippen molar-refractivity contribution >= 4 is 6.29 Å². The first-order valence-electron chi connectivity index (χ1n) is 8.40. The molecule has 20 heavy (non-hydrogen) atoms. The molecule has 1 spiro atoms. The molecule has 1 nitrogen and oxygen atoms in total. The van der Waals surface area contributed by atoms with Crippen molar-refractivity contribution in [2.24, 2.45) is 34.0 Å². The molecular formula is C19H30O. The maximum Gasteiger partial charge on any atom is 0.127 e. The number of carbonyl (C=O) groups is 1. The number of rotatable bonds is 3. The molecule has 0 unspecified atom stereocenters. The molecule has 0 amide bonds. The molecule has 3 fully saturated rings. The van der Waals surface area contributed by atoms with Crippen LogP contribution in [0.25, 0.3) is 0 Å². The Morgan fingerprint density at radius 2 is 2.00 bits per heavy atom. The van der Waals surface area contributed by atoms with Crippen molar-refractivity contribution in [3.8, 4) is 0 Å². The average Bonchev–Trinajstić information content (AvgIpc) is 2.76. The first-order chi connectivity index (χ1) is 9.29. The van der Waals surface area contributed by atoms with E-state index >= 15 is 0 Å². The second-order valence-corrected chi connectivity index (χ2v) is 8.80. The van der Waals surface area contributed by atoms with Gasteiger partial charge in [-0.25, -0.2) is 0 Å². The van der Waals surface area contributed by atoms with E-state index in [4.69, 9.17) is 0 Å². The average molecular weight is 274 g/mol. The molecule has 0 saturated heterocycles. The minimum atomic E-state index is -0.102. The largest absolute Gasteiger partial charge is 0.303 e. The highest BCUT2D eigenvalue weighted by Gasteiger charge is 2.70. The smallest absolute Gasteiger partial charge is 0.127 e. The molecule has 0 aromatic carbocycles. The lowest BCUT2D eigenvalue weighted by Crippen LogP contribution is -2.43. The summed E-state index contributed by atoms with van der Waals surface area (Å²) in [6.45, 7) is 13.6. The van der Waals surface area contributed by atoms with Crippen molar-refractivity contribution in [3.63, 3.8) is 0 Å². The van der Waals surface area contributed by atoms with Gasteiger partial charge in [0.05, 0.1) is 0 Å². The molecular weight excluding hydrogens is 244 g/mol. The van der Waals surface area contributed by atoms with E-state index in [0.717, 1.165) is 30.6 Å². The predicted molar refractivity (Wildman–Crippen MR) is 83.4 cm³/mol. The number of hydrogen-bond donors (Lipinski definition) is 0. The summed E-state index contributed by atoms with van der Waals surface area (Å²) in [5.41, 5.74) is 1.78. The summed E-state index contributed by atoms with van der Waals surface area (Å²) in [4.78, 5) is 12.2. The van der Waals surface area contributed by atoms with Gasteiger partial charge < -0.3 is 4.79 Å². The van der Waals surface area contributed by atoms with Crippen LogP contribution in [-0.4, -0.2) is 6.29 Å². The number of allylic oxidation sites excluding steroid dienone is 1. The Bertz CT molecular complexity index is 449. The van der Waals surface area contributed by atoms with Crippen molar-refractivity contribution in [1.82, 2.24) is 0 Å². The second kappa shape index (κ2) is 4.21. The molecule has 3 aliphatic rings. The van der Waals surface area contributed by atoms with Gasteiger partial charge in [0, 0.05) is 5.41 Å². The summed E-state index contributed by atoms with van der Waals surface area (Å²) in [5.74, 6) is 2.39. The maximum absolute atomic E-state index is 12.2. The lowest BCUT2D eigenvalue weighted by Gasteiger charge is -2.47. The van der Waals surface area contributed by atoms with Crippen molar-refractivity contribution in [2.45, 2.75) is 66.2 Å². The Labute approximate surface area is 124 Å². The normalized spacial score (nSPS) is 48.9. The fourth-order valence-electron chi connectivity index (χ4n) is 6.78. The molecule has 2 bridgehead atoms. The van der Waals surface area contributed by atoms with E-state index in [1.54, 1.807) is 0 Å². The van der Waals surface area contributed by atoms with Gasteiger partial charge >= 0.3 is 0 Å². The van der Waals surface area contributed by atoms with Gasteiger partial charge in [-0.05, 0) is 74.0 Å². The van der Waals surface area contributed by atoms with Crippen LogP contribution in [0.4, 0.5) is 0 Å². The molecule has 0 heterocycles. The van der Waals surface area contributed by atoms with E-state index in [9.17, 15) is 4.79 Å². The lowest BCUT2D eigenvalue weighted by molar-refractivity contribution is -0.125. The zero-order valence-corrected chi connectivity index (χ0v) is 13.7. The number of aldehydes is 1. The Balaban J connectivity index is 2.08. The Hall–Kier alpha value is -0.590. The molecule has 0 radical (unpaired) electrons. The Morgan fingerprint density at radius 3 is 2.60 bits per heavy atom. The SMILES string of the molecule is C=C(C)C[C@@]1(C=O)CC[C@H]2C(C)(C)[C@@H]3C[C@@]21CC[C@H]3C. The zero-order valence-electron chi connectivity index (χ0n) is 13.7. The third kappa shape index (κ3) is 1.53. The minimum Gasteiger partial charge on any atom is -0.303 e. The van der Waals surface area contributed by atoms with E-state index in [1.165, 1.54) is 37.5 Å². The van der Waals surface area contributed by atoms with Crippen molar-refractivity contribution in [2.75, 3.05) is 0 Å². The second-order valence-electron chi connectivity index (χ2n) is 8.80. The van der Waals surface area contributed by atoms with Gasteiger partial charge in [0.15, 0.2) is 0 Å². The highest BCUT2D eigenvalue weighted by atomic mass is 16.1. The highest BCUT2D eigenvalue weighted by Crippen LogP contribution is 2.76. The number of carbonyl (C=O) groups excluding carboxylic acids is 1. The van der Waals surface area contributed by atoms with Crippen LogP contribution < -0.4 is 0 Å². The van der Waals surface area contributed by atoms with E-state index < -0.39 is 0 Å². The fourth-order valence-corrected chi connectivity index (χ4v) is 6.78. The molecule has 5 atom stereocenters. The quantitative estimate of drug-likeness (QED) is 0.522.